The molecule has 2 heterocycles. The number of hydrogen-bond acceptors (Lipinski definition) is 4. The summed E-state index contributed by atoms with van der Waals surface area (Å²) in [6.45, 7) is 5.25. The van der Waals surface area contributed by atoms with E-state index in [1.165, 1.54) is 0 Å². The van der Waals surface area contributed by atoms with E-state index in [0.29, 0.717) is 11.3 Å². The predicted octanol–water partition coefficient (Wildman–Crippen LogP) is 2.96. The lowest BCUT2D eigenvalue weighted by atomic mass is 10.0. The smallest absolute Gasteiger partial charge is 0.326 e. The molecule has 0 aliphatic heterocycles. The molecule has 2 aromatic heterocycles. The summed E-state index contributed by atoms with van der Waals surface area (Å²) in [5, 5.41) is 15.7. The Balaban J connectivity index is 2.22. The maximum absolute atomic E-state index is 12.3. The monoisotopic (exact) mass is 318 g/mol. The van der Waals surface area contributed by atoms with Crippen molar-refractivity contribution in [3.05, 3.63) is 40.2 Å². The van der Waals surface area contributed by atoms with Gasteiger partial charge in [-0.2, -0.15) is 11.3 Å². The Morgan fingerprint density at radius 3 is 2.50 bits per heavy atom. The summed E-state index contributed by atoms with van der Waals surface area (Å²) >= 11 is 1.58. The van der Waals surface area contributed by atoms with Crippen LogP contribution in [-0.2, 0) is 4.79 Å². The number of aryl methyl sites for hydroxylation is 1. The second kappa shape index (κ2) is 6.70. The molecule has 0 fully saturated rings. The normalized spacial score (nSPS) is 12.2. The Labute approximate surface area is 133 Å². The number of thiophene rings is 1. The Kier molecular flexibility index (Phi) is 4.92. The number of hydrogen-bond donors (Lipinski definition) is 2. The van der Waals surface area contributed by atoms with Crippen molar-refractivity contribution in [2.75, 3.05) is 0 Å². The molecule has 0 saturated carbocycles. The standard InChI is InChI=1S/C16H18N2O3S/c1-9(2)14(16(20)21)18-15(19)12-4-5-13(17-10(12)3)11-6-7-22-8-11/h4-9,14H,1-3H3,(H,18,19)(H,20,21)/t14-/m0/s1. The first-order valence-corrected chi connectivity index (χ1v) is 7.88. The third-order valence-corrected chi connectivity index (χ3v) is 4.05. The fourth-order valence-corrected chi connectivity index (χ4v) is 2.75. The minimum absolute atomic E-state index is 0.195. The molecule has 1 amide bonds. The topological polar surface area (TPSA) is 79.3 Å². The molecule has 1 atom stereocenters. The van der Waals surface area contributed by atoms with Gasteiger partial charge in [0.1, 0.15) is 6.04 Å². The van der Waals surface area contributed by atoms with Crippen molar-refractivity contribution in [2.24, 2.45) is 5.92 Å². The third kappa shape index (κ3) is 3.51. The van der Waals surface area contributed by atoms with E-state index in [-0.39, 0.29) is 5.92 Å². The first-order chi connectivity index (χ1) is 10.4. The van der Waals surface area contributed by atoms with Crippen LogP contribution in [0.15, 0.2) is 29.0 Å². The molecule has 0 spiro atoms. The van der Waals surface area contributed by atoms with Crippen LogP contribution in [0.4, 0.5) is 0 Å². The zero-order valence-corrected chi connectivity index (χ0v) is 13.5. The molecule has 0 unspecified atom stereocenters. The largest absolute Gasteiger partial charge is 0.480 e. The Morgan fingerprint density at radius 1 is 1.27 bits per heavy atom. The van der Waals surface area contributed by atoms with Crippen molar-refractivity contribution < 1.29 is 14.7 Å². The van der Waals surface area contributed by atoms with Gasteiger partial charge >= 0.3 is 5.97 Å². The van der Waals surface area contributed by atoms with Gasteiger partial charge in [-0.3, -0.25) is 9.78 Å². The summed E-state index contributed by atoms with van der Waals surface area (Å²) in [7, 11) is 0. The number of carbonyl (C=O) groups excluding carboxylic acids is 1. The van der Waals surface area contributed by atoms with Crippen LogP contribution in [0.5, 0.6) is 0 Å². The first kappa shape index (κ1) is 16.2. The highest BCUT2D eigenvalue weighted by Crippen LogP contribution is 2.21. The molecule has 2 N–H and O–H groups in total. The van der Waals surface area contributed by atoms with Gasteiger partial charge < -0.3 is 10.4 Å². The van der Waals surface area contributed by atoms with Crippen molar-refractivity contribution in [3.63, 3.8) is 0 Å². The quantitative estimate of drug-likeness (QED) is 0.888. The van der Waals surface area contributed by atoms with Gasteiger partial charge in [-0.1, -0.05) is 13.8 Å². The van der Waals surface area contributed by atoms with Crippen LogP contribution in [0, 0.1) is 12.8 Å². The lowest BCUT2D eigenvalue weighted by molar-refractivity contribution is -0.140. The van der Waals surface area contributed by atoms with Gasteiger partial charge in [0.25, 0.3) is 5.91 Å². The molecule has 0 radical (unpaired) electrons. The highest BCUT2D eigenvalue weighted by Gasteiger charge is 2.24. The SMILES string of the molecule is Cc1nc(-c2ccsc2)ccc1C(=O)N[C@H](C(=O)O)C(C)C. The van der Waals surface area contributed by atoms with Crippen LogP contribution in [0.1, 0.15) is 29.9 Å². The van der Waals surface area contributed by atoms with Crippen LogP contribution in [0.2, 0.25) is 0 Å². The van der Waals surface area contributed by atoms with Crippen molar-refractivity contribution in [1.29, 1.82) is 0 Å². The van der Waals surface area contributed by atoms with E-state index in [4.69, 9.17) is 5.11 Å². The lowest BCUT2D eigenvalue weighted by Gasteiger charge is -2.18. The van der Waals surface area contributed by atoms with Gasteiger partial charge in [0, 0.05) is 10.9 Å². The molecule has 0 aliphatic rings. The Hall–Kier alpha value is -2.21. The fraction of sp³-hybridized carbons (Fsp3) is 0.312. The van der Waals surface area contributed by atoms with Crippen LogP contribution < -0.4 is 5.32 Å². The van der Waals surface area contributed by atoms with Gasteiger partial charge in [0.15, 0.2) is 0 Å². The average molecular weight is 318 g/mol. The summed E-state index contributed by atoms with van der Waals surface area (Å²) in [5.41, 5.74) is 2.78. The summed E-state index contributed by atoms with van der Waals surface area (Å²) in [6, 6.07) is 4.51. The van der Waals surface area contributed by atoms with Crippen LogP contribution in [-0.4, -0.2) is 28.0 Å². The van der Waals surface area contributed by atoms with Gasteiger partial charge in [0.2, 0.25) is 0 Å². The minimum Gasteiger partial charge on any atom is -0.480 e. The molecule has 0 aromatic carbocycles. The molecule has 22 heavy (non-hydrogen) atoms. The van der Waals surface area contributed by atoms with Gasteiger partial charge in [-0.05, 0) is 36.4 Å². The van der Waals surface area contributed by atoms with Gasteiger partial charge in [-0.25, -0.2) is 4.79 Å². The summed E-state index contributed by atoms with van der Waals surface area (Å²) < 4.78 is 0. The zero-order chi connectivity index (χ0) is 16.3. The summed E-state index contributed by atoms with van der Waals surface area (Å²) in [5.74, 6) is -1.65. The molecule has 116 valence electrons. The second-order valence-electron chi connectivity index (χ2n) is 5.37. The van der Waals surface area contributed by atoms with E-state index in [9.17, 15) is 9.59 Å². The zero-order valence-electron chi connectivity index (χ0n) is 12.7. The fourth-order valence-electron chi connectivity index (χ4n) is 2.10. The van der Waals surface area contributed by atoms with E-state index in [0.717, 1.165) is 11.3 Å². The highest BCUT2D eigenvalue weighted by molar-refractivity contribution is 7.08. The van der Waals surface area contributed by atoms with E-state index in [1.807, 2.05) is 16.8 Å². The van der Waals surface area contributed by atoms with E-state index in [2.05, 4.69) is 10.3 Å². The van der Waals surface area contributed by atoms with E-state index < -0.39 is 17.9 Å². The number of nitrogens with one attached hydrogen (secondary N) is 1. The van der Waals surface area contributed by atoms with E-state index >= 15 is 0 Å². The molecule has 5 nitrogen and oxygen atoms in total. The maximum Gasteiger partial charge on any atom is 0.326 e. The second-order valence-corrected chi connectivity index (χ2v) is 6.15. The lowest BCUT2D eigenvalue weighted by Crippen LogP contribution is -2.44. The number of carbonyl (C=O) groups is 2. The predicted molar refractivity (Wildman–Crippen MR) is 86.0 cm³/mol. The molecular formula is C16H18N2O3S. The number of amides is 1. The number of rotatable bonds is 5. The summed E-state index contributed by atoms with van der Waals surface area (Å²) in [6.07, 6.45) is 0. The highest BCUT2D eigenvalue weighted by atomic mass is 32.1. The van der Waals surface area contributed by atoms with Gasteiger partial charge in [-0.15, -0.1) is 0 Å². The molecule has 2 rings (SSSR count). The van der Waals surface area contributed by atoms with Gasteiger partial charge in [0.05, 0.1) is 17.0 Å². The summed E-state index contributed by atoms with van der Waals surface area (Å²) in [4.78, 5) is 27.9. The van der Waals surface area contributed by atoms with Crippen molar-refractivity contribution in [1.82, 2.24) is 10.3 Å². The average Bonchev–Trinajstić information content (AvgIpc) is 2.97. The Morgan fingerprint density at radius 2 is 2.00 bits per heavy atom. The van der Waals surface area contributed by atoms with Crippen molar-refractivity contribution >= 4 is 23.2 Å². The van der Waals surface area contributed by atoms with Crippen molar-refractivity contribution in [3.8, 4) is 11.3 Å². The van der Waals surface area contributed by atoms with Crippen LogP contribution in [0.3, 0.4) is 0 Å². The number of pyridine rings is 1. The van der Waals surface area contributed by atoms with Crippen LogP contribution >= 0.6 is 11.3 Å². The minimum atomic E-state index is -1.04. The number of aliphatic carboxylic acids is 1. The molecule has 6 heteroatoms. The third-order valence-electron chi connectivity index (χ3n) is 3.37. The molecule has 2 aromatic rings. The Bertz CT molecular complexity index is 681. The van der Waals surface area contributed by atoms with E-state index in [1.54, 1.807) is 44.2 Å². The molecular weight excluding hydrogens is 300 g/mol. The molecule has 0 bridgehead atoms. The maximum atomic E-state index is 12.3. The molecule has 0 aliphatic carbocycles. The first-order valence-electron chi connectivity index (χ1n) is 6.94. The number of carboxylic acid groups (broad SMARTS) is 1. The molecule has 0 saturated heterocycles. The number of nitrogens with zero attached hydrogens (tertiary/aromatic N) is 1. The van der Waals surface area contributed by atoms with Crippen LogP contribution in [0.25, 0.3) is 11.3 Å². The van der Waals surface area contributed by atoms with Crippen molar-refractivity contribution in [2.45, 2.75) is 26.8 Å². The number of carboxylic acids is 1. The number of aromatic nitrogens is 1.